The molecule has 2 aromatic carbocycles. The summed E-state index contributed by atoms with van der Waals surface area (Å²) in [6, 6.07) is 3.12. The lowest BCUT2D eigenvalue weighted by Crippen LogP contribution is -2.50. The maximum Gasteiger partial charge on any atom is 0.435 e. The first kappa shape index (κ1) is 26.5. The molecule has 0 atom stereocenters. The van der Waals surface area contributed by atoms with E-state index in [0.717, 1.165) is 6.07 Å². The van der Waals surface area contributed by atoms with Crippen molar-refractivity contribution in [2.24, 2.45) is 0 Å². The molecule has 0 aromatic heterocycles. The number of hydrogen-bond acceptors (Lipinski definition) is 3. The quantitative estimate of drug-likeness (QED) is 0.386. The van der Waals surface area contributed by atoms with Crippen LogP contribution in [0.2, 0.25) is 0 Å². The van der Waals surface area contributed by atoms with Crippen molar-refractivity contribution in [1.29, 1.82) is 0 Å². The van der Waals surface area contributed by atoms with Crippen LogP contribution in [0, 0.1) is 5.82 Å². The summed E-state index contributed by atoms with van der Waals surface area (Å²) in [4.78, 5) is 12.4. The average molecular weight is 557 g/mol. The highest BCUT2D eigenvalue weighted by atomic mass is 79.9. The number of halogens is 11. The van der Waals surface area contributed by atoms with E-state index in [1.165, 1.54) is 19.2 Å². The van der Waals surface area contributed by atoms with Gasteiger partial charge in [-0.05, 0) is 40.2 Å². The summed E-state index contributed by atoms with van der Waals surface area (Å²) in [5.41, 5.74) is -9.82. The minimum absolute atomic E-state index is 0.0186. The standard InChI is InChI=1S/C18H11BrF10N2O2/c1-30-10-4-2-3-8(12(10)20)14(32)31-13-9(19)5-7(6-11(13)33-15(21)22)16(23,17(24,25)26)18(27,28)29/h2-6,15,30H,1H3,(H,31,32). The zero-order valence-corrected chi connectivity index (χ0v) is 17.5. The normalized spacial score (nSPS) is 12.6. The predicted octanol–water partition coefficient (Wildman–Crippen LogP) is 6.77. The average Bonchev–Trinajstić information content (AvgIpc) is 2.67. The highest BCUT2D eigenvalue weighted by Gasteiger charge is 2.73. The van der Waals surface area contributed by atoms with Gasteiger partial charge in [-0.2, -0.15) is 35.1 Å². The number of ether oxygens (including phenoxy) is 1. The Bertz CT molecular complexity index is 1030. The molecule has 0 saturated heterocycles. The molecule has 2 rings (SSSR count). The molecule has 0 radical (unpaired) electrons. The lowest BCUT2D eigenvalue weighted by Gasteiger charge is -2.31. The molecule has 4 nitrogen and oxygen atoms in total. The monoisotopic (exact) mass is 556 g/mol. The molecular formula is C18H11BrF10N2O2. The Balaban J connectivity index is 2.65. The molecule has 0 saturated carbocycles. The van der Waals surface area contributed by atoms with Gasteiger partial charge in [0.15, 0.2) is 11.6 Å². The molecule has 0 heterocycles. The van der Waals surface area contributed by atoms with Gasteiger partial charge in [0.25, 0.3) is 5.91 Å². The Labute approximate surface area is 187 Å². The van der Waals surface area contributed by atoms with Crippen LogP contribution in [-0.4, -0.2) is 31.9 Å². The van der Waals surface area contributed by atoms with Crippen LogP contribution in [0.1, 0.15) is 15.9 Å². The Kier molecular flexibility index (Phi) is 7.45. The predicted molar refractivity (Wildman–Crippen MR) is 99.6 cm³/mol. The van der Waals surface area contributed by atoms with Crippen LogP contribution >= 0.6 is 15.9 Å². The summed E-state index contributed by atoms with van der Waals surface area (Å²) in [6.07, 6.45) is -13.1. The van der Waals surface area contributed by atoms with Gasteiger partial charge in [0.05, 0.1) is 16.9 Å². The molecule has 0 aliphatic rings. The summed E-state index contributed by atoms with van der Waals surface area (Å²) in [6.45, 7) is -3.79. The summed E-state index contributed by atoms with van der Waals surface area (Å²) in [7, 11) is 1.31. The third-order valence-corrected chi connectivity index (χ3v) is 4.83. The van der Waals surface area contributed by atoms with Crippen LogP contribution in [0.4, 0.5) is 55.3 Å². The molecule has 2 aromatic rings. The molecule has 0 aliphatic heterocycles. The molecule has 0 fully saturated rings. The maximum absolute atomic E-state index is 14.4. The Hall–Kier alpha value is -2.71. The molecule has 33 heavy (non-hydrogen) atoms. The van der Waals surface area contributed by atoms with Crippen LogP contribution in [0.5, 0.6) is 5.75 Å². The summed E-state index contributed by atoms with van der Waals surface area (Å²) >= 11 is 2.51. The van der Waals surface area contributed by atoms with Gasteiger partial charge in [-0.1, -0.05) is 6.07 Å². The lowest BCUT2D eigenvalue weighted by molar-refractivity contribution is -0.348. The number of nitrogens with one attached hydrogen (secondary N) is 2. The fourth-order valence-electron chi connectivity index (χ4n) is 2.66. The van der Waals surface area contributed by atoms with Crippen molar-refractivity contribution >= 4 is 33.2 Å². The van der Waals surface area contributed by atoms with Gasteiger partial charge in [-0.25, -0.2) is 8.78 Å². The first-order valence-electron chi connectivity index (χ1n) is 8.43. The molecule has 2 N–H and O–H groups in total. The van der Waals surface area contributed by atoms with Gasteiger partial charge in [-0.3, -0.25) is 4.79 Å². The van der Waals surface area contributed by atoms with Gasteiger partial charge in [0.1, 0.15) is 0 Å². The SMILES string of the molecule is CNc1cccc(C(=O)Nc2c(Br)cc(C(F)(C(F)(F)F)C(F)(F)F)cc2OC(F)F)c1F. The molecule has 0 bridgehead atoms. The van der Waals surface area contributed by atoms with E-state index in [-0.39, 0.29) is 17.8 Å². The van der Waals surface area contributed by atoms with Crippen LogP contribution in [0.3, 0.4) is 0 Å². The second-order valence-corrected chi connectivity index (χ2v) is 7.09. The molecule has 0 unspecified atom stereocenters. The summed E-state index contributed by atoms with van der Waals surface area (Å²) < 4.78 is 136. The molecule has 1 amide bonds. The molecule has 0 aliphatic carbocycles. The zero-order valence-electron chi connectivity index (χ0n) is 15.9. The summed E-state index contributed by atoms with van der Waals surface area (Å²) in [5.74, 6) is -3.86. The van der Waals surface area contributed by atoms with E-state index in [0.29, 0.717) is 0 Å². The number of carbonyl (C=O) groups is 1. The number of benzene rings is 2. The van der Waals surface area contributed by atoms with Gasteiger partial charge in [-0.15, -0.1) is 0 Å². The van der Waals surface area contributed by atoms with Crippen molar-refractivity contribution < 1.29 is 53.4 Å². The molecule has 15 heteroatoms. The third-order valence-electron chi connectivity index (χ3n) is 4.20. The van der Waals surface area contributed by atoms with Gasteiger partial charge >= 0.3 is 24.6 Å². The topological polar surface area (TPSA) is 50.4 Å². The van der Waals surface area contributed by atoms with Crippen LogP contribution in [0.25, 0.3) is 0 Å². The number of amides is 1. The van der Waals surface area contributed by atoms with E-state index in [9.17, 15) is 48.7 Å². The van der Waals surface area contributed by atoms with E-state index in [4.69, 9.17) is 0 Å². The molecule has 182 valence electrons. The minimum atomic E-state index is -6.53. The number of rotatable bonds is 6. The molecular weight excluding hydrogens is 546 g/mol. The third kappa shape index (κ3) is 5.12. The number of carbonyl (C=O) groups excluding carboxylic acids is 1. The maximum atomic E-state index is 14.4. The van der Waals surface area contributed by atoms with Crippen molar-refractivity contribution in [2.45, 2.75) is 24.6 Å². The van der Waals surface area contributed by atoms with E-state index >= 15 is 0 Å². The van der Waals surface area contributed by atoms with E-state index in [1.54, 1.807) is 0 Å². The van der Waals surface area contributed by atoms with Crippen molar-refractivity contribution in [2.75, 3.05) is 17.7 Å². The van der Waals surface area contributed by atoms with E-state index in [2.05, 4.69) is 26.0 Å². The van der Waals surface area contributed by atoms with Crippen molar-refractivity contribution in [1.82, 2.24) is 0 Å². The van der Waals surface area contributed by atoms with Crippen molar-refractivity contribution in [3.8, 4) is 5.75 Å². The number of hydrogen-bond donors (Lipinski definition) is 2. The minimum Gasteiger partial charge on any atom is -0.433 e. The fourth-order valence-corrected chi connectivity index (χ4v) is 3.20. The summed E-state index contributed by atoms with van der Waals surface area (Å²) in [5, 5.41) is 4.26. The van der Waals surface area contributed by atoms with Crippen LogP contribution < -0.4 is 15.4 Å². The lowest BCUT2D eigenvalue weighted by atomic mass is 9.93. The van der Waals surface area contributed by atoms with Gasteiger partial charge in [0, 0.05) is 17.1 Å². The van der Waals surface area contributed by atoms with Crippen molar-refractivity contribution in [3.05, 3.63) is 51.7 Å². The molecule has 0 spiro atoms. The van der Waals surface area contributed by atoms with E-state index in [1.807, 2.05) is 5.32 Å². The smallest absolute Gasteiger partial charge is 0.433 e. The second-order valence-electron chi connectivity index (χ2n) is 6.23. The number of alkyl halides is 9. The highest BCUT2D eigenvalue weighted by molar-refractivity contribution is 9.10. The van der Waals surface area contributed by atoms with Gasteiger partial charge in [0.2, 0.25) is 0 Å². The largest absolute Gasteiger partial charge is 0.435 e. The van der Waals surface area contributed by atoms with Gasteiger partial charge < -0.3 is 15.4 Å². The Morgan fingerprint density at radius 3 is 2.09 bits per heavy atom. The van der Waals surface area contributed by atoms with Crippen LogP contribution in [0.15, 0.2) is 34.8 Å². The first-order chi connectivity index (χ1) is 15.0. The van der Waals surface area contributed by atoms with E-state index < -0.39 is 63.4 Å². The number of anilines is 2. The fraction of sp³-hybridized carbons (Fsp3) is 0.278. The highest BCUT2D eigenvalue weighted by Crippen LogP contribution is 2.55. The Morgan fingerprint density at radius 1 is 1.03 bits per heavy atom. The van der Waals surface area contributed by atoms with Crippen LogP contribution in [-0.2, 0) is 5.67 Å². The Morgan fingerprint density at radius 2 is 1.61 bits per heavy atom. The second kappa shape index (κ2) is 9.27. The van der Waals surface area contributed by atoms with Crippen molar-refractivity contribution in [3.63, 3.8) is 0 Å². The zero-order chi connectivity index (χ0) is 25.4. The first-order valence-corrected chi connectivity index (χ1v) is 9.22.